The van der Waals surface area contributed by atoms with E-state index in [0.29, 0.717) is 17.3 Å². The summed E-state index contributed by atoms with van der Waals surface area (Å²) in [6.45, 7) is 3.82. The molecule has 0 unspecified atom stereocenters. The summed E-state index contributed by atoms with van der Waals surface area (Å²) in [5, 5.41) is 3.92. The van der Waals surface area contributed by atoms with Crippen molar-refractivity contribution in [1.82, 2.24) is 10.1 Å². The van der Waals surface area contributed by atoms with Crippen molar-refractivity contribution in [3.63, 3.8) is 0 Å². The predicted octanol–water partition coefficient (Wildman–Crippen LogP) is 3.64. The number of aromatic nitrogens is 2. The van der Waals surface area contributed by atoms with Crippen LogP contribution in [-0.2, 0) is 6.42 Å². The van der Waals surface area contributed by atoms with E-state index in [0.717, 1.165) is 17.7 Å². The van der Waals surface area contributed by atoms with Gasteiger partial charge in [-0.3, -0.25) is 4.79 Å². The molecule has 1 atom stereocenters. The lowest BCUT2D eigenvalue weighted by Gasteiger charge is -2.23. The van der Waals surface area contributed by atoms with E-state index in [1.54, 1.807) is 6.92 Å². The Morgan fingerprint density at radius 2 is 2.04 bits per heavy atom. The van der Waals surface area contributed by atoms with E-state index >= 15 is 0 Å². The lowest BCUT2D eigenvalue weighted by atomic mass is 10.1. The van der Waals surface area contributed by atoms with Crippen LogP contribution in [0, 0.1) is 6.92 Å². The number of hydrogen-bond donors (Lipinski definition) is 0. The summed E-state index contributed by atoms with van der Waals surface area (Å²) in [6.07, 6.45) is 0.881. The van der Waals surface area contributed by atoms with Crippen LogP contribution in [0.2, 0.25) is 0 Å². The van der Waals surface area contributed by atoms with Crippen molar-refractivity contribution in [2.75, 3.05) is 4.90 Å². The maximum atomic E-state index is 13.1. The van der Waals surface area contributed by atoms with Crippen molar-refractivity contribution in [3.05, 3.63) is 65.5 Å². The zero-order valence-corrected chi connectivity index (χ0v) is 13.6. The molecule has 0 saturated heterocycles. The van der Waals surface area contributed by atoms with Crippen molar-refractivity contribution in [3.8, 4) is 11.4 Å². The topological polar surface area (TPSA) is 59.2 Å². The summed E-state index contributed by atoms with van der Waals surface area (Å²) in [7, 11) is 0. The number of anilines is 1. The van der Waals surface area contributed by atoms with E-state index in [1.165, 1.54) is 5.56 Å². The third-order valence-electron chi connectivity index (χ3n) is 4.32. The Kier molecular flexibility index (Phi) is 3.41. The normalized spacial score (nSPS) is 16.2. The maximum absolute atomic E-state index is 13.1. The molecule has 0 saturated carbocycles. The number of fused-ring (bicyclic) bond motifs is 1. The summed E-state index contributed by atoms with van der Waals surface area (Å²) in [5.74, 6) is 0.996. The summed E-state index contributed by atoms with van der Waals surface area (Å²) in [4.78, 5) is 19.2. The molecule has 24 heavy (non-hydrogen) atoms. The van der Waals surface area contributed by atoms with Crippen molar-refractivity contribution in [2.24, 2.45) is 0 Å². The van der Waals surface area contributed by atoms with E-state index < -0.39 is 0 Å². The van der Waals surface area contributed by atoms with Crippen LogP contribution in [0.15, 0.2) is 53.1 Å². The van der Waals surface area contributed by atoms with Gasteiger partial charge in [-0.05, 0) is 37.1 Å². The first-order chi connectivity index (χ1) is 11.6. The van der Waals surface area contributed by atoms with E-state index in [9.17, 15) is 4.79 Å². The SMILES string of the molecule is Cc1nc(-c2cccc(C(=O)N3c4ccccc4C[C@H]3C)c2)no1. The van der Waals surface area contributed by atoms with Gasteiger partial charge in [0.05, 0.1) is 0 Å². The Hall–Kier alpha value is -2.95. The van der Waals surface area contributed by atoms with E-state index in [-0.39, 0.29) is 11.9 Å². The number of amides is 1. The zero-order valence-electron chi connectivity index (χ0n) is 13.6. The van der Waals surface area contributed by atoms with Crippen LogP contribution < -0.4 is 4.90 Å². The van der Waals surface area contributed by atoms with Gasteiger partial charge < -0.3 is 9.42 Å². The number of hydrogen-bond acceptors (Lipinski definition) is 4. The van der Waals surface area contributed by atoms with Crippen molar-refractivity contribution in [1.29, 1.82) is 0 Å². The van der Waals surface area contributed by atoms with Gasteiger partial charge in [-0.1, -0.05) is 35.5 Å². The van der Waals surface area contributed by atoms with Gasteiger partial charge in [-0.25, -0.2) is 0 Å². The highest BCUT2D eigenvalue weighted by atomic mass is 16.5. The fourth-order valence-electron chi connectivity index (χ4n) is 3.22. The van der Waals surface area contributed by atoms with Gasteiger partial charge in [0, 0.05) is 29.8 Å². The number of rotatable bonds is 2. The third kappa shape index (κ3) is 2.38. The fraction of sp³-hybridized carbons (Fsp3) is 0.211. The maximum Gasteiger partial charge on any atom is 0.258 e. The van der Waals surface area contributed by atoms with E-state index in [4.69, 9.17) is 4.52 Å². The Balaban J connectivity index is 1.71. The molecule has 2 aromatic carbocycles. The van der Waals surface area contributed by atoms with Gasteiger partial charge in [-0.15, -0.1) is 0 Å². The van der Waals surface area contributed by atoms with Gasteiger partial charge in [0.2, 0.25) is 11.7 Å². The first kappa shape index (κ1) is 14.6. The van der Waals surface area contributed by atoms with Gasteiger partial charge in [-0.2, -0.15) is 4.98 Å². The first-order valence-electron chi connectivity index (χ1n) is 7.95. The molecule has 1 aromatic heterocycles. The second-order valence-corrected chi connectivity index (χ2v) is 6.07. The minimum Gasteiger partial charge on any atom is -0.339 e. The molecule has 5 heteroatoms. The molecule has 0 N–H and O–H groups in total. The van der Waals surface area contributed by atoms with Crippen molar-refractivity contribution in [2.45, 2.75) is 26.3 Å². The highest BCUT2D eigenvalue weighted by Gasteiger charge is 2.31. The number of para-hydroxylation sites is 1. The Morgan fingerprint density at radius 1 is 1.21 bits per heavy atom. The number of nitrogens with zero attached hydrogens (tertiary/aromatic N) is 3. The molecule has 5 nitrogen and oxygen atoms in total. The molecular formula is C19H17N3O2. The standard InChI is InChI=1S/C19H17N3O2/c1-12-10-14-6-3-4-9-17(14)22(12)19(23)16-8-5-7-15(11-16)18-20-13(2)24-21-18/h3-9,11-12H,10H2,1-2H3/t12-/m1/s1. The molecule has 120 valence electrons. The highest BCUT2D eigenvalue weighted by molar-refractivity contribution is 6.08. The lowest BCUT2D eigenvalue weighted by Crippen LogP contribution is -2.35. The Labute approximate surface area is 139 Å². The highest BCUT2D eigenvalue weighted by Crippen LogP contribution is 2.33. The minimum atomic E-state index is -0.00508. The van der Waals surface area contributed by atoms with Crippen molar-refractivity contribution < 1.29 is 9.32 Å². The summed E-state index contributed by atoms with van der Waals surface area (Å²) in [5.41, 5.74) is 3.61. The van der Waals surface area contributed by atoms with E-state index in [2.05, 4.69) is 23.1 Å². The largest absolute Gasteiger partial charge is 0.339 e. The van der Waals surface area contributed by atoms with Crippen LogP contribution in [0.5, 0.6) is 0 Å². The summed E-state index contributed by atoms with van der Waals surface area (Å²) in [6, 6.07) is 15.6. The molecule has 1 aliphatic heterocycles. The van der Waals surface area contributed by atoms with Crippen LogP contribution >= 0.6 is 0 Å². The van der Waals surface area contributed by atoms with E-state index in [1.807, 2.05) is 47.4 Å². The van der Waals surface area contributed by atoms with Crippen LogP contribution in [-0.4, -0.2) is 22.1 Å². The Bertz CT molecular complexity index is 916. The molecule has 0 bridgehead atoms. The number of benzene rings is 2. The molecule has 0 aliphatic carbocycles. The average Bonchev–Trinajstić information content (AvgIpc) is 3.17. The predicted molar refractivity (Wildman–Crippen MR) is 90.9 cm³/mol. The van der Waals surface area contributed by atoms with Gasteiger partial charge >= 0.3 is 0 Å². The molecule has 2 heterocycles. The number of aryl methyl sites for hydroxylation is 1. The molecule has 1 aliphatic rings. The second-order valence-electron chi connectivity index (χ2n) is 6.07. The molecule has 4 rings (SSSR count). The third-order valence-corrected chi connectivity index (χ3v) is 4.32. The minimum absolute atomic E-state index is 0.00508. The van der Waals surface area contributed by atoms with Crippen molar-refractivity contribution >= 4 is 11.6 Å². The van der Waals surface area contributed by atoms with Gasteiger partial charge in [0.25, 0.3) is 5.91 Å². The van der Waals surface area contributed by atoms with Gasteiger partial charge in [0.15, 0.2) is 0 Å². The van der Waals surface area contributed by atoms with Crippen LogP contribution in [0.1, 0.15) is 28.7 Å². The first-order valence-corrected chi connectivity index (χ1v) is 7.95. The molecular weight excluding hydrogens is 302 g/mol. The molecule has 0 radical (unpaired) electrons. The lowest BCUT2D eigenvalue weighted by molar-refractivity contribution is 0.0981. The number of carbonyl (C=O) groups is 1. The number of carbonyl (C=O) groups excluding carboxylic acids is 1. The Morgan fingerprint density at radius 3 is 2.83 bits per heavy atom. The van der Waals surface area contributed by atoms with Crippen LogP contribution in [0.3, 0.4) is 0 Å². The molecule has 1 amide bonds. The zero-order chi connectivity index (χ0) is 16.7. The molecule has 3 aromatic rings. The average molecular weight is 319 g/mol. The summed E-state index contributed by atoms with van der Waals surface area (Å²) >= 11 is 0. The smallest absolute Gasteiger partial charge is 0.258 e. The molecule has 0 spiro atoms. The van der Waals surface area contributed by atoms with Crippen LogP contribution in [0.4, 0.5) is 5.69 Å². The van der Waals surface area contributed by atoms with Gasteiger partial charge in [0.1, 0.15) is 0 Å². The fourth-order valence-corrected chi connectivity index (χ4v) is 3.22. The quantitative estimate of drug-likeness (QED) is 0.723. The summed E-state index contributed by atoms with van der Waals surface area (Å²) < 4.78 is 5.03. The molecule has 0 fully saturated rings. The second kappa shape index (κ2) is 5.60. The monoisotopic (exact) mass is 319 g/mol. The van der Waals surface area contributed by atoms with Crippen LogP contribution in [0.25, 0.3) is 11.4 Å².